The van der Waals surface area contributed by atoms with Gasteiger partial charge in [0.15, 0.2) is 0 Å². The van der Waals surface area contributed by atoms with Crippen molar-refractivity contribution < 1.29 is 28.2 Å². The molecular weight excluding hydrogens is 493 g/mol. The molecule has 190 valence electrons. The van der Waals surface area contributed by atoms with Crippen LogP contribution in [-0.2, 0) is 21.2 Å². The van der Waals surface area contributed by atoms with Crippen molar-refractivity contribution in [1.29, 1.82) is 0 Å². The van der Waals surface area contributed by atoms with Crippen molar-refractivity contribution in [3.8, 4) is 5.69 Å². The number of aromatic nitrogens is 3. The molecule has 5 aromatic rings. The van der Waals surface area contributed by atoms with E-state index in [4.69, 9.17) is 5.48 Å². The second-order valence-electron chi connectivity index (χ2n) is 9.02. The van der Waals surface area contributed by atoms with E-state index >= 15 is 0 Å². The normalized spacial score (nSPS) is 14.5. The summed E-state index contributed by atoms with van der Waals surface area (Å²) in [7, 11) is -4.18. The summed E-state index contributed by atoms with van der Waals surface area (Å²) in [6, 6.07) is 14.6. The van der Waals surface area contributed by atoms with Crippen LogP contribution in [0.4, 0.5) is 4.39 Å². The number of hydrogen-bond donors (Lipinski definition) is 1. The molecule has 5 rings (SSSR count). The zero-order chi connectivity index (χ0) is 30.1. The average Bonchev–Trinajstić information content (AvgIpc) is 3.47. The van der Waals surface area contributed by atoms with Gasteiger partial charge < -0.3 is 9.67 Å². The number of rotatable bonds is 7. The van der Waals surface area contributed by atoms with Gasteiger partial charge in [-0.2, -0.15) is 17.6 Å². The molecule has 7 nitrogen and oxygen atoms in total. The molecular formula is C28H26FN3O4S. The van der Waals surface area contributed by atoms with Crippen molar-refractivity contribution in [3.63, 3.8) is 0 Å². The summed E-state index contributed by atoms with van der Waals surface area (Å²) in [6.07, 6.45) is -5.08. The SMILES string of the molecule is [2H]C([2H])(C(=O)O)C([2H])([2H])c1c(C(C)C)n(-c2ccc(F)cc2)c2cc3cnn(S(=O)(=O)c4ccc(C)cc4)c3cc12. The maximum Gasteiger partial charge on any atom is 0.303 e. The van der Waals surface area contributed by atoms with E-state index in [2.05, 4.69) is 5.10 Å². The first-order valence-electron chi connectivity index (χ1n) is 13.5. The van der Waals surface area contributed by atoms with Crippen molar-refractivity contribution in [2.24, 2.45) is 0 Å². The van der Waals surface area contributed by atoms with E-state index in [0.717, 1.165) is 9.65 Å². The minimum absolute atomic E-state index is 0.0160. The Balaban J connectivity index is 1.93. The van der Waals surface area contributed by atoms with E-state index in [1.54, 1.807) is 36.6 Å². The van der Waals surface area contributed by atoms with Crippen LogP contribution >= 0.6 is 0 Å². The lowest BCUT2D eigenvalue weighted by atomic mass is 9.99. The summed E-state index contributed by atoms with van der Waals surface area (Å²) in [5, 5.41) is 14.3. The average molecular weight is 524 g/mol. The van der Waals surface area contributed by atoms with Crippen LogP contribution in [-0.4, -0.2) is 33.2 Å². The van der Waals surface area contributed by atoms with Gasteiger partial charge in [-0.05, 0) is 73.3 Å². The molecule has 0 spiro atoms. The predicted molar refractivity (Wildman–Crippen MR) is 140 cm³/mol. The summed E-state index contributed by atoms with van der Waals surface area (Å²) in [6.45, 7) is 5.31. The second kappa shape index (κ2) is 9.15. The summed E-state index contributed by atoms with van der Waals surface area (Å²) < 4.78 is 77.5. The van der Waals surface area contributed by atoms with Gasteiger partial charge in [-0.15, -0.1) is 0 Å². The van der Waals surface area contributed by atoms with Gasteiger partial charge in [0.05, 0.1) is 22.1 Å². The van der Waals surface area contributed by atoms with Crippen LogP contribution in [0.3, 0.4) is 0 Å². The van der Waals surface area contributed by atoms with Crippen molar-refractivity contribution in [2.75, 3.05) is 0 Å². The molecule has 1 N–H and O–H groups in total. The topological polar surface area (TPSA) is 94.2 Å². The van der Waals surface area contributed by atoms with E-state index in [9.17, 15) is 22.7 Å². The number of halogens is 1. The number of carbonyl (C=O) groups is 1. The summed E-state index contributed by atoms with van der Waals surface area (Å²) in [5.74, 6) is -2.95. The van der Waals surface area contributed by atoms with Gasteiger partial charge in [0.25, 0.3) is 10.0 Å². The third-order valence-corrected chi connectivity index (χ3v) is 7.75. The van der Waals surface area contributed by atoms with Gasteiger partial charge in [-0.3, -0.25) is 4.79 Å². The maximum absolute atomic E-state index is 13.8. The number of benzene rings is 3. The smallest absolute Gasteiger partial charge is 0.303 e. The monoisotopic (exact) mass is 523 g/mol. The van der Waals surface area contributed by atoms with Crippen LogP contribution in [0.15, 0.2) is 71.8 Å². The van der Waals surface area contributed by atoms with E-state index in [0.29, 0.717) is 16.6 Å². The highest BCUT2D eigenvalue weighted by molar-refractivity contribution is 7.90. The minimum atomic E-state index is -4.18. The highest BCUT2D eigenvalue weighted by Crippen LogP contribution is 2.37. The van der Waals surface area contributed by atoms with Gasteiger partial charge in [0.1, 0.15) is 5.82 Å². The summed E-state index contributed by atoms with van der Waals surface area (Å²) >= 11 is 0. The fourth-order valence-corrected chi connectivity index (χ4v) is 5.74. The molecule has 0 atom stereocenters. The highest BCUT2D eigenvalue weighted by Gasteiger charge is 2.25. The quantitative estimate of drug-likeness (QED) is 0.291. The lowest BCUT2D eigenvalue weighted by Crippen LogP contribution is -2.14. The van der Waals surface area contributed by atoms with Crippen LogP contribution < -0.4 is 0 Å². The fraction of sp³-hybridized carbons (Fsp3) is 0.214. The lowest BCUT2D eigenvalue weighted by Gasteiger charge is -2.15. The molecule has 9 heteroatoms. The minimum Gasteiger partial charge on any atom is -0.481 e. The standard InChI is InChI=1S/C28H26FN3O4S/c1-17(2)28-23(12-13-27(33)34)24-15-25-19(14-26(24)31(28)21-8-6-20(29)7-9-21)16-30-32(25)37(35,36)22-10-4-18(3)5-11-22/h4-11,14-17H,12-13H2,1-3H3,(H,33,34)/i12D2,13D2. The Kier molecular flexibility index (Phi) is 4.98. The molecule has 0 radical (unpaired) electrons. The highest BCUT2D eigenvalue weighted by atomic mass is 32.2. The van der Waals surface area contributed by atoms with Gasteiger partial charge in [-0.1, -0.05) is 31.5 Å². The number of aryl methyl sites for hydroxylation is 2. The third-order valence-electron chi connectivity index (χ3n) is 6.13. The van der Waals surface area contributed by atoms with Crippen LogP contribution in [0.25, 0.3) is 27.5 Å². The number of carboxylic acid groups (broad SMARTS) is 1. The molecule has 0 aliphatic rings. The molecule has 0 aliphatic heterocycles. The van der Waals surface area contributed by atoms with Crippen LogP contribution in [0, 0.1) is 12.7 Å². The second-order valence-corrected chi connectivity index (χ2v) is 10.8. The number of aliphatic carboxylic acids is 1. The molecule has 37 heavy (non-hydrogen) atoms. The van der Waals surface area contributed by atoms with Crippen molar-refractivity contribution in [2.45, 2.75) is 44.3 Å². The molecule has 3 aromatic carbocycles. The van der Waals surface area contributed by atoms with Gasteiger partial charge in [0.2, 0.25) is 0 Å². The first kappa shape index (κ1) is 20.1. The van der Waals surface area contributed by atoms with Crippen LogP contribution in [0.1, 0.15) is 48.4 Å². The Morgan fingerprint density at radius 3 is 2.38 bits per heavy atom. The molecule has 0 saturated heterocycles. The summed E-state index contributed by atoms with van der Waals surface area (Å²) in [5.41, 5.74) is 1.74. The van der Waals surface area contributed by atoms with E-state index in [1.807, 2.05) is 6.92 Å². The Morgan fingerprint density at radius 2 is 1.76 bits per heavy atom. The molecule has 0 fully saturated rings. The van der Waals surface area contributed by atoms with Gasteiger partial charge in [0, 0.05) is 34.0 Å². The molecule has 0 saturated carbocycles. The lowest BCUT2D eigenvalue weighted by molar-refractivity contribution is -0.136. The first-order chi connectivity index (χ1) is 19.1. The number of fused-ring (bicyclic) bond motifs is 2. The largest absolute Gasteiger partial charge is 0.481 e. The molecule has 2 heterocycles. The third kappa shape index (κ3) is 4.29. The van der Waals surface area contributed by atoms with Gasteiger partial charge >= 0.3 is 5.97 Å². The van der Waals surface area contributed by atoms with Crippen LogP contribution in [0.2, 0.25) is 0 Å². The van der Waals surface area contributed by atoms with E-state index in [1.165, 1.54) is 48.7 Å². The summed E-state index contributed by atoms with van der Waals surface area (Å²) in [4.78, 5) is 11.9. The molecule has 0 unspecified atom stereocenters. The molecule has 2 aromatic heterocycles. The number of hydrogen-bond acceptors (Lipinski definition) is 4. The molecule has 0 amide bonds. The Hall–Kier alpha value is -3.98. The van der Waals surface area contributed by atoms with Crippen molar-refractivity contribution >= 4 is 37.8 Å². The molecule has 0 bridgehead atoms. The maximum atomic E-state index is 13.8. The Labute approximate surface area is 219 Å². The number of carboxylic acids is 1. The van der Waals surface area contributed by atoms with Crippen molar-refractivity contribution in [3.05, 3.63) is 89.5 Å². The van der Waals surface area contributed by atoms with E-state index in [-0.39, 0.29) is 27.1 Å². The predicted octanol–water partition coefficient (Wildman–Crippen LogP) is 5.81. The van der Waals surface area contributed by atoms with E-state index < -0.39 is 40.5 Å². The fourth-order valence-electron chi connectivity index (χ4n) is 4.47. The number of nitrogens with zero attached hydrogens (tertiary/aromatic N) is 3. The Morgan fingerprint density at radius 1 is 1.08 bits per heavy atom. The Bertz CT molecular complexity index is 1930. The molecule has 0 aliphatic carbocycles. The van der Waals surface area contributed by atoms with Gasteiger partial charge in [-0.25, -0.2) is 4.39 Å². The zero-order valence-corrected chi connectivity index (χ0v) is 21.0. The van der Waals surface area contributed by atoms with Crippen molar-refractivity contribution in [1.82, 2.24) is 13.8 Å². The zero-order valence-electron chi connectivity index (χ0n) is 24.2. The first-order valence-corrected chi connectivity index (χ1v) is 12.9. The van der Waals surface area contributed by atoms with Crippen LogP contribution in [0.5, 0.6) is 0 Å².